The first-order valence-electron chi connectivity index (χ1n) is 11.8. The van der Waals surface area contributed by atoms with Gasteiger partial charge in [0.25, 0.3) is 5.91 Å². The van der Waals surface area contributed by atoms with E-state index in [4.69, 9.17) is 4.99 Å². The minimum atomic E-state index is 0.0955. The van der Waals surface area contributed by atoms with Crippen LogP contribution in [0.3, 0.4) is 0 Å². The molecule has 30 heavy (non-hydrogen) atoms. The van der Waals surface area contributed by atoms with Crippen LogP contribution in [0.5, 0.6) is 0 Å². The maximum atomic E-state index is 12.5. The third-order valence-electron chi connectivity index (χ3n) is 6.42. The summed E-state index contributed by atoms with van der Waals surface area (Å²) >= 11 is 0. The molecule has 1 aliphatic heterocycles. The van der Waals surface area contributed by atoms with E-state index in [1.165, 1.54) is 38.6 Å². The van der Waals surface area contributed by atoms with Gasteiger partial charge in [-0.2, -0.15) is 0 Å². The summed E-state index contributed by atoms with van der Waals surface area (Å²) in [6.07, 6.45) is 6.70. The fraction of sp³-hybridized carbons (Fsp3) is 0.667. The molecule has 2 fully saturated rings. The molecule has 2 aliphatic rings. The van der Waals surface area contributed by atoms with Crippen LogP contribution < -0.4 is 10.6 Å². The SMILES string of the molecule is CCNC(=NCc1ccc(C(=O)N(CC)CC)cc1)NC1CCN(C2CCCC2)C1. The zero-order chi connectivity index (χ0) is 21.3. The molecular weight excluding hydrogens is 374 g/mol. The summed E-state index contributed by atoms with van der Waals surface area (Å²) in [5, 5.41) is 7.02. The predicted molar refractivity (Wildman–Crippen MR) is 124 cm³/mol. The number of hydrogen-bond acceptors (Lipinski definition) is 3. The van der Waals surface area contributed by atoms with E-state index in [-0.39, 0.29) is 5.91 Å². The Morgan fingerprint density at radius 2 is 1.80 bits per heavy atom. The second-order valence-corrected chi connectivity index (χ2v) is 8.43. The predicted octanol–water partition coefficient (Wildman–Crippen LogP) is 3.24. The van der Waals surface area contributed by atoms with Crippen LogP contribution in [0.2, 0.25) is 0 Å². The van der Waals surface area contributed by atoms with Crippen LogP contribution in [0.25, 0.3) is 0 Å². The maximum Gasteiger partial charge on any atom is 0.253 e. The number of amides is 1. The van der Waals surface area contributed by atoms with Crippen molar-refractivity contribution in [3.05, 3.63) is 35.4 Å². The van der Waals surface area contributed by atoms with Gasteiger partial charge in [0.15, 0.2) is 5.96 Å². The molecule has 1 aliphatic carbocycles. The zero-order valence-electron chi connectivity index (χ0n) is 19.0. The molecule has 1 saturated heterocycles. The minimum Gasteiger partial charge on any atom is -0.357 e. The summed E-state index contributed by atoms with van der Waals surface area (Å²) in [5.41, 5.74) is 1.86. The van der Waals surface area contributed by atoms with Gasteiger partial charge in [-0.05, 0) is 57.7 Å². The highest BCUT2D eigenvalue weighted by atomic mass is 16.2. The molecule has 1 aromatic carbocycles. The second kappa shape index (κ2) is 11.3. The standard InChI is InChI=1S/C24H39N5O/c1-4-25-24(27-21-15-16-29(18-21)22-9-7-8-10-22)26-17-19-11-13-20(14-12-19)23(30)28(5-2)6-3/h11-14,21-22H,4-10,15-18H2,1-3H3,(H2,25,26,27). The lowest BCUT2D eigenvalue weighted by atomic mass is 10.1. The summed E-state index contributed by atoms with van der Waals surface area (Å²) < 4.78 is 0. The van der Waals surface area contributed by atoms with E-state index in [1.54, 1.807) is 0 Å². The molecule has 3 rings (SSSR count). The molecule has 6 heteroatoms. The summed E-state index contributed by atoms with van der Waals surface area (Å²) in [6, 6.07) is 9.14. The molecule has 1 aromatic rings. The summed E-state index contributed by atoms with van der Waals surface area (Å²) in [5.74, 6) is 0.983. The van der Waals surface area contributed by atoms with Gasteiger partial charge in [-0.25, -0.2) is 4.99 Å². The van der Waals surface area contributed by atoms with Gasteiger partial charge in [0, 0.05) is 50.4 Å². The Bertz CT molecular complexity index is 692. The topological polar surface area (TPSA) is 60.0 Å². The second-order valence-electron chi connectivity index (χ2n) is 8.43. The molecule has 1 amide bonds. The van der Waals surface area contributed by atoms with Crippen LogP contribution in [0.1, 0.15) is 68.8 Å². The molecule has 0 spiro atoms. The first kappa shape index (κ1) is 22.6. The number of nitrogens with one attached hydrogen (secondary N) is 2. The van der Waals surface area contributed by atoms with E-state index in [9.17, 15) is 4.79 Å². The molecule has 1 heterocycles. The lowest BCUT2D eigenvalue weighted by Gasteiger charge is -2.24. The molecule has 0 bridgehead atoms. The number of carbonyl (C=O) groups is 1. The molecular formula is C24H39N5O. The third-order valence-corrected chi connectivity index (χ3v) is 6.42. The lowest BCUT2D eigenvalue weighted by molar-refractivity contribution is 0.0773. The van der Waals surface area contributed by atoms with Crippen molar-refractivity contribution in [2.24, 2.45) is 4.99 Å². The van der Waals surface area contributed by atoms with Gasteiger partial charge in [0.05, 0.1) is 6.54 Å². The van der Waals surface area contributed by atoms with Crippen molar-refractivity contribution < 1.29 is 4.79 Å². The Balaban J connectivity index is 1.54. The summed E-state index contributed by atoms with van der Waals surface area (Å²) in [7, 11) is 0. The van der Waals surface area contributed by atoms with Gasteiger partial charge in [-0.15, -0.1) is 0 Å². The smallest absolute Gasteiger partial charge is 0.253 e. The molecule has 6 nitrogen and oxygen atoms in total. The van der Waals surface area contributed by atoms with Gasteiger partial charge >= 0.3 is 0 Å². The van der Waals surface area contributed by atoms with Crippen molar-refractivity contribution in [2.45, 2.75) is 71.5 Å². The minimum absolute atomic E-state index is 0.0955. The van der Waals surface area contributed by atoms with E-state index < -0.39 is 0 Å². The number of aliphatic imine (C=N–C) groups is 1. The van der Waals surface area contributed by atoms with Crippen molar-refractivity contribution in [1.82, 2.24) is 20.4 Å². The van der Waals surface area contributed by atoms with Gasteiger partial charge < -0.3 is 15.5 Å². The average Bonchev–Trinajstić information content (AvgIpc) is 3.45. The Morgan fingerprint density at radius 1 is 1.10 bits per heavy atom. The van der Waals surface area contributed by atoms with Gasteiger partial charge in [-0.3, -0.25) is 9.69 Å². The van der Waals surface area contributed by atoms with Crippen LogP contribution in [-0.2, 0) is 6.54 Å². The average molecular weight is 414 g/mol. The quantitative estimate of drug-likeness (QED) is 0.507. The Labute approximate surface area is 182 Å². The van der Waals surface area contributed by atoms with Crippen molar-refractivity contribution in [2.75, 3.05) is 32.7 Å². The maximum absolute atomic E-state index is 12.5. The van der Waals surface area contributed by atoms with Crippen LogP contribution in [0.4, 0.5) is 0 Å². The molecule has 0 radical (unpaired) electrons. The number of guanidine groups is 1. The van der Waals surface area contributed by atoms with Crippen LogP contribution in [0.15, 0.2) is 29.3 Å². The highest BCUT2D eigenvalue weighted by molar-refractivity contribution is 5.94. The van der Waals surface area contributed by atoms with Crippen LogP contribution >= 0.6 is 0 Å². The van der Waals surface area contributed by atoms with E-state index in [0.717, 1.165) is 49.3 Å². The molecule has 0 aromatic heterocycles. The number of likely N-dealkylation sites (tertiary alicyclic amines) is 1. The number of carbonyl (C=O) groups excluding carboxylic acids is 1. The van der Waals surface area contributed by atoms with Crippen molar-refractivity contribution >= 4 is 11.9 Å². The monoisotopic (exact) mass is 413 g/mol. The van der Waals surface area contributed by atoms with Gasteiger partial charge in [0.2, 0.25) is 0 Å². The lowest BCUT2D eigenvalue weighted by Crippen LogP contribution is -2.45. The van der Waals surface area contributed by atoms with Crippen molar-refractivity contribution in [3.63, 3.8) is 0 Å². The number of hydrogen-bond donors (Lipinski definition) is 2. The molecule has 166 valence electrons. The highest BCUT2D eigenvalue weighted by Crippen LogP contribution is 2.26. The Hall–Kier alpha value is -2.08. The summed E-state index contributed by atoms with van der Waals surface area (Å²) in [4.78, 5) is 21.8. The van der Waals surface area contributed by atoms with Crippen LogP contribution in [-0.4, -0.2) is 66.5 Å². The fourth-order valence-electron chi connectivity index (χ4n) is 4.64. The highest BCUT2D eigenvalue weighted by Gasteiger charge is 2.30. The first-order chi connectivity index (χ1) is 14.6. The van der Waals surface area contributed by atoms with Crippen molar-refractivity contribution in [1.29, 1.82) is 0 Å². The summed E-state index contributed by atoms with van der Waals surface area (Å²) in [6.45, 7) is 11.4. The van der Waals surface area contributed by atoms with E-state index in [1.807, 2.05) is 43.0 Å². The first-order valence-corrected chi connectivity index (χ1v) is 11.8. The van der Waals surface area contributed by atoms with Crippen LogP contribution in [0, 0.1) is 0 Å². The number of nitrogens with zero attached hydrogens (tertiary/aromatic N) is 3. The van der Waals surface area contributed by atoms with E-state index in [0.29, 0.717) is 12.6 Å². The zero-order valence-corrected chi connectivity index (χ0v) is 19.0. The molecule has 1 atom stereocenters. The molecule has 2 N–H and O–H groups in total. The third kappa shape index (κ3) is 5.97. The fourth-order valence-corrected chi connectivity index (χ4v) is 4.64. The normalized spacial score (nSPS) is 20.5. The van der Waals surface area contributed by atoms with Gasteiger partial charge in [0.1, 0.15) is 0 Å². The van der Waals surface area contributed by atoms with E-state index >= 15 is 0 Å². The Morgan fingerprint density at radius 3 is 2.43 bits per heavy atom. The number of rotatable bonds is 8. The van der Waals surface area contributed by atoms with Crippen molar-refractivity contribution in [3.8, 4) is 0 Å². The van der Waals surface area contributed by atoms with E-state index in [2.05, 4.69) is 22.5 Å². The Kier molecular flexibility index (Phi) is 8.55. The van der Waals surface area contributed by atoms with Gasteiger partial charge in [-0.1, -0.05) is 25.0 Å². The number of benzene rings is 1. The largest absolute Gasteiger partial charge is 0.357 e. The molecule has 1 saturated carbocycles. The molecule has 1 unspecified atom stereocenters.